The Morgan fingerprint density at radius 2 is 2.17 bits per heavy atom. The number of nitrogens with one attached hydrogen (secondary N) is 1. The molecule has 0 aliphatic heterocycles. The third-order valence-corrected chi connectivity index (χ3v) is 2.07. The number of aromatic nitrogens is 3. The Morgan fingerprint density at radius 3 is 2.58 bits per heavy atom. The molecule has 1 aliphatic rings. The summed E-state index contributed by atoms with van der Waals surface area (Å²) in [5.41, 5.74) is 5.08. The molecular weight excluding hydrogens is 166 g/mol. The van der Waals surface area contributed by atoms with E-state index in [1.807, 2.05) is 0 Å². The van der Waals surface area contributed by atoms with Crippen molar-refractivity contribution in [3.05, 3.63) is 11.9 Å². The molecule has 4 nitrogen and oxygen atoms in total. The molecule has 0 atom stereocenters. The lowest BCUT2D eigenvalue weighted by atomic mass is 9.72. The van der Waals surface area contributed by atoms with Crippen LogP contribution in [0.4, 0.5) is 8.78 Å². The maximum atomic E-state index is 12.5. The molecule has 1 aromatic rings. The van der Waals surface area contributed by atoms with Crippen molar-refractivity contribution in [2.45, 2.75) is 24.3 Å². The van der Waals surface area contributed by atoms with Crippen LogP contribution >= 0.6 is 0 Å². The fourth-order valence-electron chi connectivity index (χ4n) is 1.49. The Bertz CT molecular complexity index is 274. The van der Waals surface area contributed by atoms with Gasteiger partial charge in [-0.25, -0.2) is 8.78 Å². The average Bonchev–Trinajstić information content (AvgIpc) is 2.31. The summed E-state index contributed by atoms with van der Waals surface area (Å²) < 4.78 is 25.0. The Labute approximate surface area is 67.1 Å². The van der Waals surface area contributed by atoms with Gasteiger partial charge in [-0.1, -0.05) is 0 Å². The van der Waals surface area contributed by atoms with E-state index in [-0.39, 0.29) is 12.8 Å². The SMILES string of the molecule is NC1(c2cn[nH]n2)CC(F)(F)C1. The fraction of sp³-hybridized carbons (Fsp3) is 0.667. The second-order valence-corrected chi connectivity index (χ2v) is 3.22. The van der Waals surface area contributed by atoms with Crippen molar-refractivity contribution in [3.63, 3.8) is 0 Å². The largest absolute Gasteiger partial charge is 0.320 e. The first kappa shape index (κ1) is 7.60. The smallest absolute Gasteiger partial charge is 0.252 e. The van der Waals surface area contributed by atoms with E-state index in [2.05, 4.69) is 15.4 Å². The molecule has 0 amide bonds. The summed E-state index contributed by atoms with van der Waals surface area (Å²) >= 11 is 0. The molecule has 1 aromatic heterocycles. The fourth-order valence-corrected chi connectivity index (χ4v) is 1.49. The van der Waals surface area contributed by atoms with E-state index < -0.39 is 11.5 Å². The minimum Gasteiger partial charge on any atom is -0.320 e. The van der Waals surface area contributed by atoms with Crippen LogP contribution in [0.3, 0.4) is 0 Å². The third kappa shape index (κ3) is 0.989. The lowest BCUT2D eigenvalue weighted by molar-refractivity contribution is -0.126. The minimum absolute atomic E-state index is 0.341. The Morgan fingerprint density at radius 1 is 1.50 bits per heavy atom. The van der Waals surface area contributed by atoms with E-state index in [9.17, 15) is 8.78 Å². The molecule has 0 bridgehead atoms. The lowest BCUT2D eigenvalue weighted by Gasteiger charge is -2.42. The van der Waals surface area contributed by atoms with Crippen LogP contribution < -0.4 is 5.73 Å². The number of nitrogens with two attached hydrogens (primary N) is 1. The van der Waals surface area contributed by atoms with E-state index in [0.717, 1.165) is 0 Å². The summed E-state index contributed by atoms with van der Waals surface area (Å²) in [6, 6.07) is 0. The van der Waals surface area contributed by atoms with Crippen LogP contribution in [0, 0.1) is 0 Å². The monoisotopic (exact) mass is 174 g/mol. The molecule has 0 saturated heterocycles. The van der Waals surface area contributed by atoms with Crippen LogP contribution in [0.5, 0.6) is 0 Å². The van der Waals surface area contributed by atoms with Crippen molar-refractivity contribution < 1.29 is 8.78 Å². The molecule has 0 radical (unpaired) electrons. The predicted molar refractivity (Wildman–Crippen MR) is 36.4 cm³/mol. The van der Waals surface area contributed by atoms with Gasteiger partial charge in [-0.05, 0) is 0 Å². The average molecular weight is 174 g/mol. The van der Waals surface area contributed by atoms with Gasteiger partial charge >= 0.3 is 0 Å². The number of rotatable bonds is 1. The van der Waals surface area contributed by atoms with Gasteiger partial charge in [-0.3, -0.25) is 0 Å². The summed E-state index contributed by atoms with van der Waals surface area (Å²) in [5, 5.41) is 9.54. The van der Waals surface area contributed by atoms with E-state index in [0.29, 0.717) is 5.69 Å². The van der Waals surface area contributed by atoms with Crippen LogP contribution in [0.25, 0.3) is 0 Å². The van der Waals surface area contributed by atoms with E-state index in [1.165, 1.54) is 6.20 Å². The summed E-state index contributed by atoms with van der Waals surface area (Å²) in [5.74, 6) is -2.63. The van der Waals surface area contributed by atoms with Crippen molar-refractivity contribution in [2.24, 2.45) is 5.73 Å². The first-order valence-corrected chi connectivity index (χ1v) is 3.55. The van der Waals surface area contributed by atoms with Gasteiger partial charge in [0.25, 0.3) is 5.92 Å². The number of nitrogens with zero attached hydrogens (tertiary/aromatic N) is 2. The highest BCUT2D eigenvalue weighted by Gasteiger charge is 2.56. The Balaban J connectivity index is 2.18. The Hall–Kier alpha value is -1.04. The molecule has 0 unspecified atom stereocenters. The molecule has 2 rings (SSSR count). The van der Waals surface area contributed by atoms with E-state index in [4.69, 9.17) is 5.73 Å². The highest BCUT2D eigenvalue weighted by molar-refractivity contribution is 5.17. The van der Waals surface area contributed by atoms with E-state index >= 15 is 0 Å². The van der Waals surface area contributed by atoms with Crippen LogP contribution in [0.1, 0.15) is 18.5 Å². The first-order valence-electron chi connectivity index (χ1n) is 3.55. The normalized spacial score (nSPS) is 24.9. The molecule has 0 spiro atoms. The zero-order valence-corrected chi connectivity index (χ0v) is 6.22. The lowest BCUT2D eigenvalue weighted by Crippen LogP contribution is -2.55. The molecule has 1 saturated carbocycles. The Kier molecular flexibility index (Phi) is 1.27. The quantitative estimate of drug-likeness (QED) is 0.647. The van der Waals surface area contributed by atoms with Gasteiger partial charge in [0.2, 0.25) is 0 Å². The zero-order valence-electron chi connectivity index (χ0n) is 6.22. The van der Waals surface area contributed by atoms with Gasteiger partial charge in [0.15, 0.2) is 0 Å². The summed E-state index contributed by atoms with van der Waals surface area (Å²) in [6.07, 6.45) is 0.703. The topological polar surface area (TPSA) is 67.6 Å². The predicted octanol–water partition coefficient (Wildman–Crippen LogP) is 0.388. The van der Waals surface area contributed by atoms with Gasteiger partial charge < -0.3 is 5.73 Å². The molecule has 6 heteroatoms. The second-order valence-electron chi connectivity index (χ2n) is 3.22. The highest BCUT2D eigenvalue weighted by atomic mass is 19.3. The number of aromatic amines is 1. The molecule has 3 N–H and O–H groups in total. The van der Waals surface area contributed by atoms with Crippen molar-refractivity contribution in [1.29, 1.82) is 0 Å². The van der Waals surface area contributed by atoms with Gasteiger partial charge in [0.05, 0.1) is 11.7 Å². The molecule has 1 heterocycles. The highest BCUT2D eigenvalue weighted by Crippen LogP contribution is 2.48. The minimum atomic E-state index is -2.63. The second kappa shape index (κ2) is 2.01. The first-order chi connectivity index (χ1) is 5.52. The third-order valence-electron chi connectivity index (χ3n) is 2.07. The van der Waals surface area contributed by atoms with Crippen molar-refractivity contribution in [3.8, 4) is 0 Å². The van der Waals surface area contributed by atoms with Crippen molar-refractivity contribution >= 4 is 0 Å². The summed E-state index contributed by atoms with van der Waals surface area (Å²) in [4.78, 5) is 0. The van der Waals surface area contributed by atoms with Crippen LogP contribution in [-0.4, -0.2) is 21.3 Å². The number of H-pyrrole nitrogens is 1. The maximum absolute atomic E-state index is 12.5. The molecule has 1 fully saturated rings. The van der Waals surface area contributed by atoms with E-state index in [1.54, 1.807) is 0 Å². The zero-order chi connectivity index (χ0) is 8.82. The molecular formula is C6H8F2N4. The van der Waals surface area contributed by atoms with Gasteiger partial charge in [0.1, 0.15) is 5.69 Å². The van der Waals surface area contributed by atoms with Crippen LogP contribution in [-0.2, 0) is 5.54 Å². The number of halogens is 2. The molecule has 66 valence electrons. The van der Waals surface area contributed by atoms with Crippen molar-refractivity contribution in [1.82, 2.24) is 15.4 Å². The van der Waals surface area contributed by atoms with Crippen LogP contribution in [0.2, 0.25) is 0 Å². The van der Waals surface area contributed by atoms with Gasteiger partial charge in [0, 0.05) is 12.8 Å². The number of hydrogen-bond acceptors (Lipinski definition) is 3. The molecule has 0 aromatic carbocycles. The maximum Gasteiger partial charge on any atom is 0.252 e. The molecule has 12 heavy (non-hydrogen) atoms. The van der Waals surface area contributed by atoms with Crippen LogP contribution in [0.15, 0.2) is 6.20 Å². The van der Waals surface area contributed by atoms with Gasteiger partial charge in [-0.2, -0.15) is 15.4 Å². The molecule has 1 aliphatic carbocycles. The van der Waals surface area contributed by atoms with Crippen molar-refractivity contribution in [2.75, 3.05) is 0 Å². The van der Waals surface area contributed by atoms with Gasteiger partial charge in [-0.15, -0.1) is 0 Å². The number of hydrogen-bond donors (Lipinski definition) is 2. The standard InChI is InChI=1S/C6H8F2N4/c7-6(8)2-5(9,3-6)4-1-10-12-11-4/h1H,2-3,9H2,(H,10,11,12). The summed E-state index contributed by atoms with van der Waals surface area (Å²) in [6.45, 7) is 0. The number of alkyl halides is 2. The summed E-state index contributed by atoms with van der Waals surface area (Å²) in [7, 11) is 0.